The third-order valence-corrected chi connectivity index (χ3v) is 6.56. The molecule has 35 heavy (non-hydrogen) atoms. The molecule has 0 saturated carbocycles. The Morgan fingerprint density at radius 3 is 2.74 bits per heavy atom. The number of carbonyl (C=O) groups is 2. The van der Waals surface area contributed by atoms with Gasteiger partial charge in [0.1, 0.15) is 16.9 Å². The molecule has 3 N–H and O–H groups in total. The molecule has 4 heterocycles. The molecule has 5 rings (SSSR count). The highest BCUT2D eigenvalue weighted by Gasteiger charge is 2.27. The lowest BCUT2D eigenvalue weighted by molar-refractivity contribution is -0.127. The molecule has 182 valence electrons. The van der Waals surface area contributed by atoms with Crippen LogP contribution >= 0.6 is 0 Å². The number of pyridine rings is 2. The molecule has 2 amide bonds. The molecular formula is C25H26FN5O4. The van der Waals surface area contributed by atoms with Gasteiger partial charge < -0.3 is 25.2 Å². The van der Waals surface area contributed by atoms with E-state index in [1.54, 1.807) is 23.2 Å². The first-order chi connectivity index (χ1) is 16.9. The average molecular weight is 480 g/mol. The van der Waals surface area contributed by atoms with Crippen LogP contribution in [-0.4, -0.2) is 57.6 Å². The largest absolute Gasteiger partial charge is 0.505 e. The highest BCUT2D eigenvalue weighted by atomic mass is 19.1. The van der Waals surface area contributed by atoms with Crippen LogP contribution in [0.3, 0.4) is 0 Å². The highest BCUT2D eigenvalue weighted by molar-refractivity contribution is 6.04. The van der Waals surface area contributed by atoms with Crippen LogP contribution in [0.25, 0.3) is 11.0 Å². The first-order valence-corrected chi connectivity index (χ1v) is 11.8. The second-order valence-corrected chi connectivity index (χ2v) is 8.86. The standard InChI is InChI=1S/C25H26FN5O4/c26-17-6-4-15(5-7-17)13-16-14-29-21-22-20(16)27-9-12-31(22)25(35)19(23(21)33)24(34)28-8-2-11-30-10-1-3-18(30)32/h4-7,14,27,33H,1-3,8-13H2,(H,28,34). The molecule has 2 aliphatic heterocycles. The van der Waals surface area contributed by atoms with Gasteiger partial charge in [-0.3, -0.25) is 19.4 Å². The van der Waals surface area contributed by atoms with Gasteiger partial charge in [-0.05, 0) is 30.5 Å². The first kappa shape index (κ1) is 22.8. The van der Waals surface area contributed by atoms with Crippen LogP contribution in [0.15, 0.2) is 35.3 Å². The molecule has 1 saturated heterocycles. The van der Waals surface area contributed by atoms with Crippen molar-refractivity contribution in [2.24, 2.45) is 0 Å². The van der Waals surface area contributed by atoms with Crippen molar-refractivity contribution in [2.45, 2.75) is 32.2 Å². The Labute approximate surface area is 200 Å². The molecule has 3 aromatic rings. The van der Waals surface area contributed by atoms with E-state index in [0.29, 0.717) is 50.1 Å². The summed E-state index contributed by atoms with van der Waals surface area (Å²) in [5, 5.41) is 16.9. The molecule has 0 atom stereocenters. The summed E-state index contributed by atoms with van der Waals surface area (Å²) in [6, 6.07) is 6.15. The first-order valence-electron chi connectivity index (χ1n) is 11.8. The second-order valence-electron chi connectivity index (χ2n) is 8.86. The van der Waals surface area contributed by atoms with E-state index < -0.39 is 17.2 Å². The minimum absolute atomic E-state index is 0.120. The number of nitrogens with zero attached hydrogens (tertiary/aromatic N) is 3. The van der Waals surface area contributed by atoms with Crippen LogP contribution < -0.4 is 16.2 Å². The fourth-order valence-electron chi connectivity index (χ4n) is 4.80. The van der Waals surface area contributed by atoms with Crippen molar-refractivity contribution in [3.8, 4) is 5.75 Å². The van der Waals surface area contributed by atoms with Crippen molar-refractivity contribution in [1.29, 1.82) is 0 Å². The predicted octanol–water partition coefficient (Wildman–Crippen LogP) is 2.00. The number of halogens is 1. The zero-order valence-corrected chi connectivity index (χ0v) is 19.1. The topological polar surface area (TPSA) is 117 Å². The average Bonchev–Trinajstić information content (AvgIpc) is 3.27. The summed E-state index contributed by atoms with van der Waals surface area (Å²) in [5.41, 5.74) is 2.04. The molecule has 1 aromatic carbocycles. The van der Waals surface area contributed by atoms with Crippen molar-refractivity contribution in [1.82, 2.24) is 19.8 Å². The van der Waals surface area contributed by atoms with E-state index in [1.165, 1.54) is 16.7 Å². The molecule has 1 fully saturated rings. The van der Waals surface area contributed by atoms with Gasteiger partial charge in [-0.1, -0.05) is 12.1 Å². The summed E-state index contributed by atoms with van der Waals surface area (Å²) >= 11 is 0. The van der Waals surface area contributed by atoms with Crippen molar-refractivity contribution >= 4 is 28.5 Å². The smallest absolute Gasteiger partial charge is 0.267 e. The molecule has 0 radical (unpaired) electrons. The Bertz CT molecular complexity index is 1370. The summed E-state index contributed by atoms with van der Waals surface area (Å²) in [4.78, 5) is 44.0. The third kappa shape index (κ3) is 4.31. The lowest BCUT2D eigenvalue weighted by atomic mass is 10.0. The minimum Gasteiger partial charge on any atom is -0.505 e. The summed E-state index contributed by atoms with van der Waals surface area (Å²) in [5.74, 6) is -1.32. The summed E-state index contributed by atoms with van der Waals surface area (Å²) in [6.45, 7) is 2.34. The predicted molar refractivity (Wildman–Crippen MR) is 128 cm³/mol. The van der Waals surface area contributed by atoms with Crippen LogP contribution in [0, 0.1) is 5.82 Å². The van der Waals surface area contributed by atoms with E-state index in [1.807, 2.05) is 0 Å². The zero-order valence-electron chi connectivity index (χ0n) is 19.1. The number of carbonyl (C=O) groups excluding carboxylic acids is 2. The van der Waals surface area contributed by atoms with E-state index in [2.05, 4.69) is 15.6 Å². The van der Waals surface area contributed by atoms with Crippen LogP contribution in [0.4, 0.5) is 10.1 Å². The van der Waals surface area contributed by atoms with Crippen molar-refractivity contribution in [3.05, 3.63) is 63.3 Å². The number of hydrogen-bond donors (Lipinski definition) is 3. The van der Waals surface area contributed by atoms with Crippen molar-refractivity contribution < 1.29 is 19.1 Å². The molecule has 9 nitrogen and oxygen atoms in total. The highest BCUT2D eigenvalue weighted by Crippen LogP contribution is 2.34. The SMILES string of the molecule is O=C(NCCCN1CCCC1=O)c1c(O)c2ncc(Cc3ccc(F)cc3)c3c2n(c1=O)CCN3. The molecule has 0 unspecified atom stereocenters. The lowest BCUT2D eigenvalue weighted by Gasteiger charge is -2.24. The van der Waals surface area contributed by atoms with Gasteiger partial charge in [0.2, 0.25) is 5.91 Å². The van der Waals surface area contributed by atoms with Gasteiger partial charge in [-0.25, -0.2) is 4.39 Å². The number of benzene rings is 1. The second kappa shape index (κ2) is 9.36. The molecule has 2 aliphatic rings. The number of anilines is 1. The Balaban J connectivity index is 1.41. The maximum atomic E-state index is 13.3. The fraction of sp³-hybridized carbons (Fsp3) is 0.360. The normalized spacial score (nSPS) is 14.9. The van der Waals surface area contributed by atoms with Crippen LogP contribution in [0.5, 0.6) is 5.75 Å². The van der Waals surface area contributed by atoms with Gasteiger partial charge >= 0.3 is 0 Å². The number of amides is 2. The quantitative estimate of drug-likeness (QED) is 0.447. The van der Waals surface area contributed by atoms with E-state index in [9.17, 15) is 23.9 Å². The fourth-order valence-corrected chi connectivity index (χ4v) is 4.80. The number of aromatic hydroxyl groups is 1. The summed E-state index contributed by atoms with van der Waals surface area (Å²) in [7, 11) is 0. The third-order valence-electron chi connectivity index (χ3n) is 6.56. The molecule has 0 spiro atoms. The van der Waals surface area contributed by atoms with Crippen LogP contribution in [0.1, 0.15) is 40.7 Å². The molecule has 2 aromatic heterocycles. The maximum Gasteiger partial charge on any atom is 0.267 e. The Hall–Kier alpha value is -3.95. The Kier molecular flexibility index (Phi) is 6.10. The van der Waals surface area contributed by atoms with Crippen molar-refractivity contribution in [2.75, 3.05) is 31.5 Å². The number of nitrogens with one attached hydrogen (secondary N) is 2. The van der Waals surface area contributed by atoms with Crippen molar-refractivity contribution in [3.63, 3.8) is 0 Å². The van der Waals surface area contributed by atoms with E-state index >= 15 is 0 Å². The molecule has 10 heteroatoms. The number of rotatable bonds is 7. The van der Waals surface area contributed by atoms with Gasteiger partial charge in [0, 0.05) is 57.3 Å². The molecule has 0 aliphatic carbocycles. The van der Waals surface area contributed by atoms with Gasteiger partial charge in [-0.2, -0.15) is 0 Å². The van der Waals surface area contributed by atoms with Crippen LogP contribution in [0.2, 0.25) is 0 Å². The van der Waals surface area contributed by atoms with Gasteiger partial charge in [0.15, 0.2) is 5.75 Å². The maximum absolute atomic E-state index is 13.3. The van der Waals surface area contributed by atoms with E-state index in [0.717, 1.165) is 24.1 Å². The number of likely N-dealkylation sites (tertiary alicyclic amines) is 1. The monoisotopic (exact) mass is 479 g/mol. The summed E-state index contributed by atoms with van der Waals surface area (Å²) < 4.78 is 14.8. The van der Waals surface area contributed by atoms with E-state index in [4.69, 9.17) is 0 Å². The molecule has 0 bridgehead atoms. The van der Waals surface area contributed by atoms with Gasteiger partial charge in [0.05, 0.1) is 11.2 Å². The number of aromatic nitrogens is 2. The molecular weight excluding hydrogens is 453 g/mol. The Morgan fingerprint density at radius 2 is 2.00 bits per heavy atom. The lowest BCUT2D eigenvalue weighted by Crippen LogP contribution is -2.37. The summed E-state index contributed by atoms with van der Waals surface area (Å²) in [6.07, 6.45) is 4.03. The van der Waals surface area contributed by atoms with Gasteiger partial charge in [0.25, 0.3) is 11.5 Å². The van der Waals surface area contributed by atoms with E-state index in [-0.39, 0.29) is 29.3 Å². The minimum atomic E-state index is -0.664. The number of hydrogen-bond acceptors (Lipinski definition) is 6. The zero-order chi connectivity index (χ0) is 24.5. The van der Waals surface area contributed by atoms with Gasteiger partial charge in [-0.15, -0.1) is 0 Å². The Morgan fingerprint density at radius 1 is 1.20 bits per heavy atom. The van der Waals surface area contributed by atoms with Crippen LogP contribution in [-0.2, 0) is 17.8 Å².